The van der Waals surface area contributed by atoms with Crippen LogP contribution in [-0.4, -0.2) is 19.0 Å². The molecule has 1 aliphatic carbocycles. The van der Waals surface area contributed by atoms with Crippen molar-refractivity contribution in [2.45, 2.75) is 45.1 Å². The molecular formula is C16H22O2. The van der Waals surface area contributed by atoms with Gasteiger partial charge in [-0.15, -0.1) is 0 Å². The van der Waals surface area contributed by atoms with Gasteiger partial charge in [0, 0.05) is 12.7 Å². The van der Waals surface area contributed by atoms with E-state index in [4.69, 9.17) is 4.74 Å². The largest absolute Gasteiger partial charge is 0.373 e. The Morgan fingerprint density at radius 3 is 2.33 bits per heavy atom. The summed E-state index contributed by atoms with van der Waals surface area (Å²) in [4.78, 5) is 12.5. The van der Waals surface area contributed by atoms with Gasteiger partial charge < -0.3 is 4.74 Å². The maximum Gasteiger partial charge on any atom is 0.191 e. The molecule has 0 N–H and O–H groups in total. The number of methoxy groups -OCH3 is 1. The summed E-state index contributed by atoms with van der Waals surface area (Å²) in [5.74, 6) is 0.543. The molecule has 2 rings (SSSR count). The number of rotatable bonds is 4. The number of carbonyl (C=O) groups excluding carboxylic acids is 1. The number of aryl methyl sites for hydroxylation is 1. The van der Waals surface area contributed by atoms with Gasteiger partial charge in [-0.2, -0.15) is 0 Å². The number of Topliss-reactive ketones (excluding diaryl/α,β-unsaturated/α-hetero) is 1. The Bertz CT molecular complexity index is 388. The summed E-state index contributed by atoms with van der Waals surface area (Å²) in [6, 6.07) is 7.79. The highest BCUT2D eigenvalue weighted by Crippen LogP contribution is 2.29. The zero-order valence-corrected chi connectivity index (χ0v) is 11.3. The number of ketones is 1. The number of ether oxygens (including phenoxy) is 1. The van der Waals surface area contributed by atoms with Gasteiger partial charge in [0.2, 0.25) is 0 Å². The number of hydrogen-bond donors (Lipinski definition) is 0. The van der Waals surface area contributed by atoms with Crippen LogP contribution in [0, 0.1) is 12.8 Å². The van der Waals surface area contributed by atoms with Gasteiger partial charge in [-0.1, -0.05) is 49.1 Å². The molecule has 1 fully saturated rings. The first-order valence-electron chi connectivity index (χ1n) is 6.86. The summed E-state index contributed by atoms with van der Waals surface area (Å²) in [6.07, 6.45) is 5.74. The lowest BCUT2D eigenvalue weighted by atomic mass is 9.82. The Hall–Kier alpha value is -1.15. The first kappa shape index (κ1) is 13.3. The SMILES string of the molecule is COC(C(=O)c1ccc(C)cc1)C1CCCCC1. The van der Waals surface area contributed by atoms with Crippen molar-refractivity contribution in [3.8, 4) is 0 Å². The van der Waals surface area contributed by atoms with Gasteiger partial charge in [0.1, 0.15) is 6.10 Å². The Morgan fingerprint density at radius 2 is 1.78 bits per heavy atom. The molecule has 1 unspecified atom stereocenters. The second kappa shape index (κ2) is 6.14. The van der Waals surface area contributed by atoms with E-state index in [0.29, 0.717) is 5.92 Å². The maximum absolute atomic E-state index is 12.5. The highest BCUT2D eigenvalue weighted by Gasteiger charge is 2.29. The topological polar surface area (TPSA) is 26.3 Å². The van der Waals surface area contributed by atoms with E-state index in [9.17, 15) is 4.79 Å². The summed E-state index contributed by atoms with van der Waals surface area (Å²) < 4.78 is 5.49. The van der Waals surface area contributed by atoms with Crippen LogP contribution in [0.2, 0.25) is 0 Å². The van der Waals surface area contributed by atoms with Gasteiger partial charge in [-0.05, 0) is 25.7 Å². The van der Waals surface area contributed by atoms with Crippen molar-refractivity contribution in [3.63, 3.8) is 0 Å². The molecule has 0 saturated heterocycles. The normalized spacial score (nSPS) is 18.6. The van der Waals surface area contributed by atoms with Crippen LogP contribution < -0.4 is 0 Å². The van der Waals surface area contributed by atoms with Crippen molar-refractivity contribution in [3.05, 3.63) is 35.4 Å². The smallest absolute Gasteiger partial charge is 0.191 e. The van der Waals surface area contributed by atoms with Crippen LogP contribution in [0.1, 0.15) is 48.0 Å². The number of carbonyl (C=O) groups is 1. The fraction of sp³-hybridized carbons (Fsp3) is 0.562. The summed E-state index contributed by atoms with van der Waals surface area (Å²) in [5.41, 5.74) is 1.95. The molecule has 1 aliphatic rings. The average Bonchev–Trinajstić information content (AvgIpc) is 2.41. The van der Waals surface area contributed by atoms with Crippen LogP contribution in [0.3, 0.4) is 0 Å². The van der Waals surface area contributed by atoms with Crippen molar-refractivity contribution in [1.29, 1.82) is 0 Å². The van der Waals surface area contributed by atoms with Gasteiger partial charge in [0.25, 0.3) is 0 Å². The lowest BCUT2D eigenvalue weighted by Crippen LogP contribution is -2.33. The number of hydrogen-bond acceptors (Lipinski definition) is 2. The average molecular weight is 246 g/mol. The van der Waals surface area contributed by atoms with E-state index < -0.39 is 0 Å². The molecular weight excluding hydrogens is 224 g/mol. The standard InChI is InChI=1S/C16H22O2/c1-12-8-10-13(11-9-12)15(17)16(18-2)14-6-4-3-5-7-14/h8-11,14,16H,3-7H2,1-2H3. The van der Waals surface area contributed by atoms with E-state index in [2.05, 4.69) is 0 Å². The molecule has 2 heteroatoms. The molecule has 1 saturated carbocycles. The molecule has 0 bridgehead atoms. The summed E-state index contributed by atoms with van der Waals surface area (Å²) in [5, 5.41) is 0. The Labute approximate surface area is 109 Å². The molecule has 1 atom stereocenters. The Morgan fingerprint density at radius 1 is 1.17 bits per heavy atom. The Balaban J connectivity index is 2.11. The first-order chi connectivity index (χ1) is 8.72. The van der Waals surface area contributed by atoms with Crippen LogP contribution in [-0.2, 0) is 4.74 Å². The van der Waals surface area contributed by atoms with Crippen LogP contribution >= 0.6 is 0 Å². The summed E-state index contributed by atoms with van der Waals surface area (Å²) in [6.45, 7) is 2.03. The summed E-state index contributed by atoms with van der Waals surface area (Å²) >= 11 is 0. The monoisotopic (exact) mass is 246 g/mol. The second-order valence-corrected chi connectivity index (χ2v) is 5.28. The van der Waals surface area contributed by atoms with Crippen molar-refractivity contribution in [2.24, 2.45) is 5.92 Å². The second-order valence-electron chi connectivity index (χ2n) is 5.28. The van der Waals surface area contributed by atoms with Gasteiger partial charge in [0.15, 0.2) is 5.78 Å². The van der Waals surface area contributed by atoms with E-state index in [1.165, 1.54) is 24.8 Å². The molecule has 0 heterocycles. The minimum absolute atomic E-state index is 0.143. The van der Waals surface area contributed by atoms with Crippen molar-refractivity contribution in [2.75, 3.05) is 7.11 Å². The molecule has 0 aromatic heterocycles. The van der Waals surface area contributed by atoms with Gasteiger partial charge >= 0.3 is 0 Å². The molecule has 2 nitrogen and oxygen atoms in total. The van der Waals surface area contributed by atoms with E-state index in [1.54, 1.807) is 7.11 Å². The molecule has 0 amide bonds. The minimum Gasteiger partial charge on any atom is -0.373 e. The molecule has 1 aromatic carbocycles. The third kappa shape index (κ3) is 2.99. The van der Waals surface area contributed by atoms with Gasteiger partial charge in [0.05, 0.1) is 0 Å². The lowest BCUT2D eigenvalue weighted by molar-refractivity contribution is 0.0314. The van der Waals surface area contributed by atoms with Gasteiger partial charge in [-0.25, -0.2) is 0 Å². The molecule has 0 spiro atoms. The number of benzene rings is 1. The fourth-order valence-corrected chi connectivity index (χ4v) is 2.83. The van der Waals surface area contributed by atoms with Crippen LogP contribution in [0.5, 0.6) is 0 Å². The van der Waals surface area contributed by atoms with E-state index in [-0.39, 0.29) is 11.9 Å². The van der Waals surface area contributed by atoms with Gasteiger partial charge in [-0.3, -0.25) is 4.79 Å². The highest BCUT2D eigenvalue weighted by atomic mass is 16.5. The molecule has 0 aliphatic heterocycles. The van der Waals surface area contributed by atoms with E-state index in [1.807, 2.05) is 31.2 Å². The van der Waals surface area contributed by atoms with Crippen LogP contribution in [0.4, 0.5) is 0 Å². The molecule has 0 radical (unpaired) electrons. The maximum atomic E-state index is 12.5. The van der Waals surface area contributed by atoms with E-state index in [0.717, 1.165) is 18.4 Å². The zero-order valence-electron chi connectivity index (χ0n) is 11.3. The van der Waals surface area contributed by atoms with E-state index >= 15 is 0 Å². The zero-order chi connectivity index (χ0) is 13.0. The minimum atomic E-state index is -0.256. The molecule has 98 valence electrons. The first-order valence-corrected chi connectivity index (χ1v) is 6.86. The predicted molar refractivity (Wildman–Crippen MR) is 72.9 cm³/mol. The molecule has 18 heavy (non-hydrogen) atoms. The van der Waals surface area contributed by atoms with Crippen LogP contribution in [0.25, 0.3) is 0 Å². The highest BCUT2D eigenvalue weighted by molar-refractivity contribution is 5.99. The Kier molecular flexibility index (Phi) is 4.54. The fourth-order valence-electron chi connectivity index (χ4n) is 2.83. The van der Waals surface area contributed by atoms with Crippen molar-refractivity contribution >= 4 is 5.78 Å². The third-order valence-corrected chi connectivity index (χ3v) is 3.93. The van der Waals surface area contributed by atoms with Crippen LogP contribution in [0.15, 0.2) is 24.3 Å². The lowest BCUT2D eigenvalue weighted by Gasteiger charge is -2.28. The predicted octanol–water partition coefficient (Wildman–Crippen LogP) is 3.77. The van der Waals surface area contributed by atoms with Crippen molar-refractivity contribution < 1.29 is 9.53 Å². The summed E-state index contributed by atoms with van der Waals surface area (Å²) in [7, 11) is 1.66. The van der Waals surface area contributed by atoms with Crippen molar-refractivity contribution in [1.82, 2.24) is 0 Å². The quantitative estimate of drug-likeness (QED) is 0.756. The molecule has 1 aromatic rings. The third-order valence-electron chi connectivity index (χ3n) is 3.93.